The van der Waals surface area contributed by atoms with Crippen molar-refractivity contribution in [3.63, 3.8) is 0 Å². The molecule has 0 saturated heterocycles. The van der Waals surface area contributed by atoms with Gasteiger partial charge in [0.25, 0.3) is 0 Å². The van der Waals surface area contributed by atoms with Crippen molar-refractivity contribution >= 4 is 28.7 Å². The maximum atomic E-state index is 11.4. The molecule has 0 aliphatic heterocycles. The highest BCUT2D eigenvalue weighted by molar-refractivity contribution is 6.37. The minimum absolute atomic E-state index is 0.159. The van der Waals surface area contributed by atoms with Gasteiger partial charge in [-0.05, 0) is 19.1 Å². The summed E-state index contributed by atoms with van der Waals surface area (Å²) in [6.07, 6.45) is 0. The normalized spacial score (nSPS) is 10.3. The molecule has 6 heteroatoms. The summed E-state index contributed by atoms with van der Waals surface area (Å²) >= 11 is 0. The van der Waals surface area contributed by atoms with E-state index in [1.54, 1.807) is 32.0 Å². The van der Waals surface area contributed by atoms with Crippen molar-refractivity contribution in [2.75, 3.05) is 11.9 Å². The number of amides is 1. The van der Waals surface area contributed by atoms with Gasteiger partial charge in [-0.3, -0.25) is 4.79 Å². The predicted octanol–water partition coefficient (Wildman–Crippen LogP) is 1.64. The molecule has 0 fully saturated rings. The van der Waals surface area contributed by atoms with Crippen molar-refractivity contribution in [3.8, 4) is 0 Å². The van der Waals surface area contributed by atoms with Crippen LogP contribution in [-0.2, 0) is 14.3 Å². The second kappa shape index (κ2) is 4.87. The lowest BCUT2D eigenvalue weighted by Crippen LogP contribution is -2.24. The van der Waals surface area contributed by atoms with E-state index in [4.69, 9.17) is 4.42 Å². The Labute approximate surface area is 103 Å². The highest BCUT2D eigenvalue weighted by Crippen LogP contribution is 2.19. The third-order valence-electron chi connectivity index (χ3n) is 2.21. The van der Waals surface area contributed by atoms with Crippen molar-refractivity contribution in [3.05, 3.63) is 24.1 Å². The molecule has 1 aromatic carbocycles. The summed E-state index contributed by atoms with van der Waals surface area (Å²) < 4.78 is 9.90. The first-order valence-electron chi connectivity index (χ1n) is 5.45. The lowest BCUT2D eigenvalue weighted by atomic mass is 10.3. The number of esters is 1. The fourth-order valence-corrected chi connectivity index (χ4v) is 1.50. The van der Waals surface area contributed by atoms with E-state index in [1.165, 1.54) is 0 Å². The molecule has 0 saturated carbocycles. The molecule has 0 atom stereocenters. The maximum Gasteiger partial charge on any atom is 0.397 e. The summed E-state index contributed by atoms with van der Waals surface area (Å²) in [4.78, 5) is 26.7. The van der Waals surface area contributed by atoms with Crippen LogP contribution in [0.3, 0.4) is 0 Å². The highest BCUT2D eigenvalue weighted by Gasteiger charge is 2.15. The van der Waals surface area contributed by atoms with Crippen molar-refractivity contribution in [2.45, 2.75) is 13.8 Å². The lowest BCUT2D eigenvalue weighted by molar-refractivity contribution is -0.152. The molecule has 0 unspecified atom stereocenters. The first-order chi connectivity index (χ1) is 8.60. The van der Waals surface area contributed by atoms with Crippen LogP contribution in [0.15, 0.2) is 22.6 Å². The molecule has 18 heavy (non-hydrogen) atoms. The van der Waals surface area contributed by atoms with E-state index in [2.05, 4.69) is 15.0 Å². The minimum atomic E-state index is -0.911. The van der Waals surface area contributed by atoms with E-state index < -0.39 is 11.9 Å². The van der Waals surface area contributed by atoms with Crippen LogP contribution in [0.25, 0.3) is 11.1 Å². The number of hydrogen-bond donors (Lipinski definition) is 1. The Morgan fingerprint density at radius 1 is 1.44 bits per heavy atom. The van der Waals surface area contributed by atoms with Crippen LogP contribution in [0.5, 0.6) is 0 Å². The fraction of sp³-hybridized carbons (Fsp3) is 0.250. The van der Waals surface area contributed by atoms with Crippen LogP contribution in [0, 0.1) is 6.92 Å². The number of aryl methyl sites for hydroxylation is 1. The van der Waals surface area contributed by atoms with Crippen LogP contribution in [-0.4, -0.2) is 23.5 Å². The second-order valence-corrected chi connectivity index (χ2v) is 3.59. The zero-order valence-corrected chi connectivity index (χ0v) is 10.0. The lowest BCUT2D eigenvalue weighted by Gasteiger charge is -2.03. The van der Waals surface area contributed by atoms with Crippen LogP contribution >= 0.6 is 0 Å². The van der Waals surface area contributed by atoms with Crippen molar-refractivity contribution < 1.29 is 18.7 Å². The molecule has 0 aliphatic carbocycles. The molecule has 0 aliphatic rings. The zero-order chi connectivity index (χ0) is 13.1. The molecule has 0 spiro atoms. The number of oxazole rings is 1. The summed E-state index contributed by atoms with van der Waals surface area (Å²) in [5, 5.41) is 2.43. The first-order valence-corrected chi connectivity index (χ1v) is 5.45. The van der Waals surface area contributed by atoms with Crippen LogP contribution in [0.4, 0.5) is 5.69 Å². The summed E-state index contributed by atoms with van der Waals surface area (Å²) in [5.41, 5.74) is 1.70. The third-order valence-corrected chi connectivity index (χ3v) is 2.21. The zero-order valence-electron chi connectivity index (χ0n) is 10.0. The van der Waals surface area contributed by atoms with Gasteiger partial charge in [0.05, 0.1) is 6.61 Å². The number of nitrogens with one attached hydrogen (secondary N) is 1. The van der Waals surface area contributed by atoms with Gasteiger partial charge in [-0.2, -0.15) is 0 Å². The largest absolute Gasteiger partial charge is 0.459 e. The van der Waals surface area contributed by atoms with Gasteiger partial charge in [-0.25, -0.2) is 9.78 Å². The van der Waals surface area contributed by atoms with E-state index in [9.17, 15) is 9.59 Å². The van der Waals surface area contributed by atoms with E-state index in [0.29, 0.717) is 22.7 Å². The topological polar surface area (TPSA) is 81.4 Å². The third kappa shape index (κ3) is 2.48. The number of benzene rings is 1. The number of carbonyl (C=O) groups is 2. The SMILES string of the molecule is CCOC(=O)C(=O)Nc1ccc2nc(C)oc2c1. The minimum Gasteiger partial charge on any atom is -0.459 e. The number of rotatable bonds is 2. The molecular weight excluding hydrogens is 236 g/mol. The van der Waals surface area contributed by atoms with Gasteiger partial charge in [-0.1, -0.05) is 0 Å². The van der Waals surface area contributed by atoms with E-state index in [0.717, 1.165) is 0 Å². The number of nitrogens with zero attached hydrogens (tertiary/aromatic N) is 1. The Morgan fingerprint density at radius 3 is 2.94 bits per heavy atom. The molecule has 1 N–H and O–H groups in total. The highest BCUT2D eigenvalue weighted by atomic mass is 16.5. The van der Waals surface area contributed by atoms with E-state index in [1.807, 2.05) is 0 Å². The summed E-state index contributed by atoms with van der Waals surface area (Å²) in [7, 11) is 0. The second-order valence-electron chi connectivity index (χ2n) is 3.59. The molecule has 6 nitrogen and oxygen atoms in total. The van der Waals surface area contributed by atoms with Gasteiger partial charge in [0, 0.05) is 18.7 Å². The molecule has 2 aromatic rings. The number of fused-ring (bicyclic) bond motifs is 1. The first kappa shape index (κ1) is 12.1. The molecule has 2 rings (SSSR count). The Hall–Kier alpha value is -2.37. The molecule has 0 radical (unpaired) electrons. The van der Waals surface area contributed by atoms with Crippen molar-refractivity contribution in [1.82, 2.24) is 4.98 Å². The van der Waals surface area contributed by atoms with Crippen LogP contribution in [0.1, 0.15) is 12.8 Å². The summed E-state index contributed by atoms with van der Waals surface area (Å²) in [6.45, 7) is 3.53. The quantitative estimate of drug-likeness (QED) is 0.645. The van der Waals surface area contributed by atoms with Gasteiger partial charge in [0.2, 0.25) is 0 Å². The fourth-order valence-electron chi connectivity index (χ4n) is 1.50. The van der Waals surface area contributed by atoms with Gasteiger partial charge < -0.3 is 14.5 Å². The Morgan fingerprint density at radius 2 is 2.22 bits per heavy atom. The van der Waals surface area contributed by atoms with E-state index in [-0.39, 0.29) is 6.61 Å². The average Bonchev–Trinajstić information content (AvgIpc) is 2.68. The Balaban J connectivity index is 2.16. The van der Waals surface area contributed by atoms with Crippen LogP contribution in [0.2, 0.25) is 0 Å². The molecule has 1 amide bonds. The monoisotopic (exact) mass is 248 g/mol. The molecule has 0 bridgehead atoms. The van der Waals surface area contributed by atoms with Gasteiger partial charge >= 0.3 is 11.9 Å². The Kier molecular flexibility index (Phi) is 3.27. The van der Waals surface area contributed by atoms with Crippen molar-refractivity contribution in [1.29, 1.82) is 0 Å². The van der Waals surface area contributed by atoms with Crippen LogP contribution < -0.4 is 5.32 Å². The van der Waals surface area contributed by atoms with Gasteiger partial charge in [0.15, 0.2) is 11.5 Å². The van der Waals surface area contributed by atoms with Gasteiger partial charge in [-0.15, -0.1) is 0 Å². The number of carbonyl (C=O) groups excluding carboxylic acids is 2. The predicted molar refractivity (Wildman–Crippen MR) is 64.0 cm³/mol. The molecule has 1 heterocycles. The van der Waals surface area contributed by atoms with E-state index >= 15 is 0 Å². The molecular formula is C12H12N2O4. The number of ether oxygens (including phenoxy) is 1. The molecule has 94 valence electrons. The number of aromatic nitrogens is 1. The maximum absolute atomic E-state index is 11.4. The Bertz CT molecular complexity index is 603. The van der Waals surface area contributed by atoms with Crippen molar-refractivity contribution in [2.24, 2.45) is 0 Å². The number of anilines is 1. The average molecular weight is 248 g/mol. The summed E-state index contributed by atoms with van der Waals surface area (Å²) in [6, 6.07) is 4.94. The smallest absolute Gasteiger partial charge is 0.397 e. The summed E-state index contributed by atoms with van der Waals surface area (Å²) in [5.74, 6) is -1.18. The number of hydrogen-bond acceptors (Lipinski definition) is 5. The molecule has 1 aromatic heterocycles. The van der Waals surface area contributed by atoms with Gasteiger partial charge in [0.1, 0.15) is 5.52 Å². The standard InChI is InChI=1S/C12H12N2O4/c1-3-17-12(16)11(15)14-8-4-5-9-10(6-8)18-7(2)13-9/h4-6H,3H2,1-2H3,(H,14,15).